The molecule has 1 N–H and O–H groups in total. The third kappa shape index (κ3) is 6.93. The van der Waals surface area contributed by atoms with Gasteiger partial charge in [0.2, 0.25) is 0 Å². The Morgan fingerprint density at radius 3 is 2.54 bits per heavy atom. The van der Waals surface area contributed by atoms with Gasteiger partial charge in [0, 0.05) is 13.0 Å². The average molecular weight is 179 g/mol. The number of terminal acetylenes is 2. The average Bonchev–Trinajstić information content (AvgIpc) is 2.04. The molecule has 0 saturated carbocycles. The molecular weight excluding hydrogens is 166 g/mol. The van der Waals surface area contributed by atoms with Crippen molar-refractivity contribution >= 4 is 5.97 Å². The maximum atomic E-state index is 10.4. The lowest BCUT2D eigenvalue weighted by atomic mass is 10.3. The van der Waals surface area contributed by atoms with Gasteiger partial charge in [-0.05, 0) is 6.42 Å². The van der Waals surface area contributed by atoms with Crippen LogP contribution in [0.2, 0.25) is 0 Å². The second-order valence-corrected chi connectivity index (χ2v) is 2.62. The Balaban J connectivity index is 3.75. The van der Waals surface area contributed by atoms with E-state index in [1.165, 1.54) is 0 Å². The molecule has 13 heavy (non-hydrogen) atoms. The highest BCUT2D eigenvalue weighted by molar-refractivity contribution is 5.69. The lowest BCUT2D eigenvalue weighted by molar-refractivity contribution is -0.138. The monoisotopic (exact) mass is 179 g/mol. The number of rotatable bonds is 6. The zero-order chi connectivity index (χ0) is 10.1. The summed E-state index contributed by atoms with van der Waals surface area (Å²) in [4.78, 5) is 12.0. The van der Waals surface area contributed by atoms with Crippen LogP contribution in [0.1, 0.15) is 12.8 Å². The fraction of sp³-hybridized carbons (Fsp3) is 0.500. The summed E-state index contributed by atoms with van der Waals surface area (Å²) in [7, 11) is 0. The highest BCUT2D eigenvalue weighted by Crippen LogP contribution is 1.93. The maximum absolute atomic E-state index is 10.4. The van der Waals surface area contributed by atoms with Crippen molar-refractivity contribution in [3.05, 3.63) is 0 Å². The minimum Gasteiger partial charge on any atom is -0.480 e. The zero-order valence-electron chi connectivity index (χ0n) is 7.49. The number of hydrogen-bond acceptors (Lipinski definition) is 2. The second-order valence-electron chi connectivity index (χ2n) is 2.62. The molecule has 0 aliphatic rings. The van der Waals surface area contributed by atoms with Crippen molar-refractivity contribution in [2.45, 2.75) is 12.8 Å². The number of aliphatic carboxylic acids is 1. The Morgan fingerprint density at radius 2 is 2.08 bits per heavy atom. The van der Waals surface area contributed by atoms with E-state index in [-0.39, 0.29) is 6.54 Å². The molecule has 0 aromatic heterocycles. The van der Waals surface area contributed by atoms with Crippen LogP contribution in [-0.4, -0.2) is 35.6 Å². The molecule has 0 aromatic carbocycles. The van der Waals surface area contributed by atoms with Gasteiger partial charge in [-0.1, -0.05) is 5.92 Å². The minimum atomic E-state index is -0.865. The van der Waals surface area contributed by atoms with Gasteiger partial charge in [-0.3, -0.25) is 9.69 Å². The minimum absolute atomic E-state index is 0.0191. The highest BCUT2D eigenvalue weighted by atomic mass is 16.4. The van der Waals surface area contributed by atoms with E-state index in [0.29, 0.717) is 19.5 Å². The zero-order valence-corrected chi connectivity index (χ0v) is 7.49. The first-order chi connectivity index (χ1) is 6.20. The van der Waals surface area contributed by atoms with Gasteiger partial charge in [-0.25, -0.2) is 0 Å². The summed E-state index contributed by atoms with van der Waals surface area (Å²) in [5, 5.41) is 8.52. The van der Waals surface area contributed by atoms with Crippen molar-refractivity contribution in [1.82, 2.24) is 4.90 Å². The molecule has 3 nitrogen and oxygen atoms in total. The van der Waals surface area contributed by atoms with Crippen LogP contribution in [0.25, 0.3) is 0 Å². The van der Waals surface area contributed by atoms with E-state index in [1.54, 1.807) is 4.90 Å². The van der Waals surface area contributed by atoms with Gasteiger partial charge < -0.3 is 5.11 Å². The van der Waals surface area contributed by atoms with Crippen LogP contribution < -0.4 is 0 Å². The van der Waals surface area contributed by atoms with Crippen molar-refractivity contribution in [3.63, 3.8) is 0 Å². The molecule has 0 unspecified atom stereocenters. The van der Waals surface area contributed by atoms with E-state index in [4.69, 9.17) is 18.0 Å². The Morgan fingerprint density at radius 1 is 1.38 bits per heavy atom. The molecule has 0 radical (unpaired) electrons. The van der Waals surface area contributed by atoms with Crippen LogP contribution >= 0.6 is 0 Å². The number of hydrogen-bond donors (Lipinski definition) is 1. The summed E-state index contributed by atoms with van der Waals surface area (Å²) in [6, 6.07) is 0. The largest absolute Gasteiger partial charge is 0.480 e. The van der Waals surface area contributed by atoms with E-state index in [0.717, 1.165) is 6.42 Å². The van der Waals surface area contributed by atoms with E-state index >= 15 is 0 Å². The van der Waals surface area contributed by atoms with Gasteiger partial charge in [0.05, 0.1) is 13.1 Å². The van der Waals surface area contributed by atoms with Crippen LogP contribution in [0.15, 0.2) is 0 Å². The molecule has 0 fully saturated rings. The van der Waals surface area contributed by atoms with Crippen molar-refractivity contribution in [1.29, 1.82) is 0 Å². The fourth-order valence-electron chi connectivity index (χ4n) is 0.939. The van der Waals surface area contributed by atoms with Crippen molar-refractivity contribution in [3.8, 4) is 24.7 Å². The van der Waals surface area contributed by atoms with Gasteiger partial charge in [0.25, 0.3) is 0 Å². The third-order valence-electron chi connectivity index (χ3n) is 1.47. The SMILES string of the molecule is C#CCCCN(CC#C)CC(=O)O. The normalized spacial score (nSPS) is 9.15. The second kappa shape index (κ2) is 7.21. The lowest BCUT2D eigenvalue weighted by Crippen LogP contribution is -2.31. The summed E-state index contributed by atoms with van der Waals surface area (Å²) in [5.74, 6) is 4.04. The Labute approximate surface area is 78.7 Å². The smallest absolute Gasteiger partial charge is 0.317 e. The summed E-state index contributed by atoms with van der Waals surface area (Å²) < 4.78 is 0. The number of carbonyl (C=O) groups is 1. The van der Waals surface area contributed by atoms with E-state index in [1.807, 2.05) is 0 Å². The lowest BCUT2D eigenvalue weighted by Gasteiger charge is -2.15. The van der Waals surface area contributed by atoms with E-state index in [2.05, 4.69) is 11.8 Å². The van der Waals surface area contributed by atoms with Crippen LogP contribution in [0, 0.1) is 24.7 Å². The van der Waals surface area contributed by atoms with Crippen LogP contribution in [0.4, 0.5) is 0 Å². The first-order valence-corrected chi connectivity index (χ1v) is 4.01. The molecule has 0 spiro atoms. The standard InChI is InChI=1S/C10H13NO2/c1-3-5-6-8-11(7-4-2)9-10(12)13/h1-2H,5-9H2,(H,12,13). The van der Waals surface area contributed by atoms with Crippen molar-refractivity contribution < 1.29 is 9.90 Å². The van der Waals surface area contributed by atoms with Gasteiger partial charge in [-0.2, -0.15) is 0 Å². The number of unbranched alkanes of at least 4 members (excludes halogenated alkanes) is 1. The molecule has 0 aliphatic carbocycles. The summed E-state index contributed by atoms with van der Waals surface area (Å²) >= 11 is 0. The first kappa shape index (κ1) is 11.6. The Bertz CT molecular complexity index is 234. The molecule has 0 atom stereocenters. The first-order valence-electron chi connectivity index (χ1n) is 4.01. The molecular formula is C10H13NO2. The molecule has 0 aliphatic heterocycles. The number of carboxylic acid groups (broad SMARTS) is 1. The van der Waals surface area contributed by atoms with Gasteiger partial charge in [-0.15, -0.1) is 18.8 Å². The van der Waals surface area contributed by atoms with Crippen LogP contribution in [-0.2, 0) is 4.79 Å². The number of nitrogens with zero attached hydrogens (tertiary/aromatic N) is 1. The molecule has 0 amide bonds. The predicted octanol–water partition coefficient (Wildman–Crippen LogP) is 0.420. The van der Waals surface area contributed by atoms with Gasteiger partial charge in [0.1, 0.15) is 0 Å². The number of carboxylic acids is 1. The van der Waals surface area contributed by atoms with E-state index < -0.39 is 5.97 Å². The summed E-state index contributed by atoms with van der Waals surface area (Å²) in [5.41, 5.74) is 0. The molecule has 0 rings (SSSR count). The molecule has 0 heterocycles. The molecule has 70 valence electrons. The van der Waals surface area contributed by atoms with Crippen LogP contribution in [0.5, 0.6) is 0 Å². The van der Waals surface area contributed by atoms with Crippen LogP contribution in [0.3, 0.4) is 0 Å². The summed E-state index contributed by atoms with van der Waals surface area (Å²) in [6.07, 6.45) is 11.6. The molecule has 0 aromatic rings. The Hall–Kier alpha value is -1.45. The topological polar surface area (TPSA) is 40.5 Å². The third-order valence-corrected chi connectivity index (χ3v) is 1.47. The van der Waals surface area contributed by atoms with Crippen molar-refractivity contribution in [2.75, 3.05) is 19.6 Å². The quantitative estimate of drug-likeness (QED) is 0.474. The molecule has 0 bridgehead atoms. The highest BCUT2D eigenvalue weighted by Gasteiger charge is 2.06. The predicted molar refractivity (Wildman–Crippen MR) is 51.0 cm³/mol. The fourth-order valence-corrected chi connectivity index (χ4v) is 0.939. The molecule has 0 saturated heterocycles. The maximum Gasteiger partial charge on any atom is 0.317 e. The van der Waals surface area contributed by atoms with Gasteiger partial charge in [0.15, 0.2) is 0 Å². The van der Waals surface area contributed by atoms with E-state index in [9.17, 15) is 4.79 Å². The van der Waals surface area contributed by atoms with Crippen molar-refractivity contribution in [2.24, 2.45) is 0 Å². The Kier molecular flexibility index (Phi) is 6.41. The molecule has 3 heteroatoms. The van der Waals surface area contributed by atoms with Gasteiger partial charge >= 0.3 is 5.97 Å². The summed E-state index contributed by atoms with van der Waals surface area (Å²) in [6.45, 7) is 0.979.